The third-order valence-corrected chi connectivity index (χ3v) is 4.33. The number of rotatable bonds is 18. The van der Waals surface area contributed by atoms with Gasteiger partial charge in [0.1, 0.15) is 0 Å². The van der Waals surface area contributed by atoms with Crippen molar-refractivity contribution in [2.45, 2.75) is 123 Å². The van der Waals surface area contributed by atoms with E-state index in [4.69, 9.17) is 10.0 Å². The van der Waals surface area contributed by atoms with Gasteiger partial charge in [0.25, 0.3) is 0 Å². The zero-order valence-corrected chi connectivity index (χ0v) is 16.5. The molecule has 3 nitrogen and oxygen atoms in total. The Labute approximate surface area is 153 Å². The van der Waals surface area contributed by atoms with Crippen molar-refractivity contribution in [2.24, 2.45) is 0 Å². The van der Waals surface area contributed by atoms with Gasteiger partial charge in [0, 0.05) is 0 Å². The van der Waals surface area contributed by atoms with Crippen LogP contribution in [0.4, 0.5) is 0 Å². The van der Waals surface area contributed by atoms with Crippen LogP contribution in [0.1, 0.15) is 123 Å². The molecule has 0 saturated carbocycles. The molecule has 0 rings (SSSR count). The first-order valence-electron chi connectivity index (χ1n) is 10.4. The smallest absolute Gasteiger partial charge is 0.456 e. The summed E-state index contributed by atoms with van der Waals surface area (Å²) in [6, 6.07) is 0. The van der Waals surface area contributed by atoms with E-state index in [2.05, 4.69) is 18.4 Å². The topological polar surface area (TPSA) is 49.7 Å². The molecular formula is C19H42B2O3. The summed E-state index contributed by atoms with van der Waals surface area (Å²) in [6.45, 7) is 4.59. The van der Waals surface area contributed by atoms with Gasteiger partial charge in [-0.25, -0.2) is 0 Å². The lowest BCUT2D eigenvalue weighted by Gasteiger charge is -2.03. The van der Waals surface area contributed by atoms with Crippen molar-refractivity contribution < 1.29 is 14.6 Å². The molecule has 0 aromatic carbocycles. The highest BCUT2D eigenvalue weighted by atomic mass is 16.5. The Balaban J connectivity index is 0. The number of unbranched alkanes of at least 4 members (excludes halogenated alkanes) is 16. The van der Waals surface area contributed by atoms with Gasteiger partial charge in [-0.15, -0.1) is 0 Å². The van der Waals surface area contributed by atoms with Crippen molar-refractivity contribution in [3.05, 3.63) is 0 Å². The molecule has 0 aromatic heterocycles. The molecule has 0 fully saturated rings. The zero-order chi connectivity index (χ0) is 18.1. The zero-order valence-electron chi connectivity index (χ0n) is 16.5. The SMILES string of the molecule is CCCCCCCCCCCCCCCCCCC.O[B]O[B]O. The van der Waals surface area contributed by atoms with E-state index >= 15 is 0 Å². The van der Waals surface area contributed by atoms with Gasteiger partial charge in [0.2, 0.25) is 0 Å². The Hall–Kier alpha value is 0.00987. The summed E-state index contributed by atoms with van der Waals surface area (Å²) in [4.78, 5) is 0. The molecule has 0 aromatic rings. The molecule has 0 atom stereocenters. The molecule has 0 heterocycles. The molecule has 5 heteroatoms. The molecule has 2 N–H and O–H groups in total. The fraction of sp³-hybridized carbons (Fsp3) is 1.00. The van der Waals surface area contributed by atoms with E-state index in [9.17, 15) is 0 Å². The van der Waals surface area contributed by atoms with Crippen LogP contribution in [0.15, 0.2) is 0 Å². The Morgan fingerprint density at radius 2 is 0.667 bits per heavy atom. The van der Waals surface area contributed by atoms with E-state index in [1.54, 1.807) is 0 Å². The molecule has 0 aliphatic heterocycles. The second-order valence-electron chi connectivity index (χ2n) is 6.65. The van der Waals surface area contributed by atoms with E-state index in [-0.39, 0.29) is 0 Å². The van der Waals surface area contributed by atoms with Crippen LogP contribution in [-0.2, 0) is 4.57 Å². The highest BCUT2D eigenvalue weighted by Gasteiger charge is 1.94. The first kappa shape index (κ1) is 26.2. The van der Waals surface area contributed by atoms with E-state index in [1.807, 2.05) is 0 Å². The van der Waals surface area contributed by atoms with Crippen LogP contribution in [-0.4, -0.2) is 25.4 Å². The van der Waals surface area contributed by atoms with E-state index in [0.717, 1.165) is 0 Å². The van der Waals surface area contributed by atoms with E-state index in [1.165, 1.54) is 109 Å². The van der Waals surface area contributed by atoms with Gasteiger partial charge in [-0.05, 0) is 0 Å². The van der Waals surface area contributed by atoms with Crippen LogP contribution in [0.2, 0.25) is 0 Å². The van der Waals surface area contributed by atoms with Crippen LogP contribution in [0.5, 0.6) is 0 Å². The Bertz CT molecular complexity index is 177. The second-order valence-corrected chi connectivity index (χ2v) is 6.65. The van der Waals surface area contributed by atoms with Gasteiger partial charge < -0.3 is 14.6 Å². The van der Waals surface area contributed by atoms with Crippen LogP contribution >= 0.6 is 0 Å². The molecule has 0 amide bonds. The van der Waals surface area contributed by atoms with Crippen LogP contribution < -0.4 is 0 Å². The summed E-state index contributed by atoms with van der Waals surface area (Å²) < 4.78 is 3.69. The maximum atomic E-state index is 7.53. The maximum absolute atomic E-state index is 7.53. The van der Waals surface area contributed by atoms with Crippen LogP contribution in [0.3, 0.4) is 0 Å². The lowest BCUT2D eigenvalue weighted by atomic mass is 10.0. The molecule has 24 heavy (non-hydrogen) atoms. The summed E-state index contributed by atoms with van der Waals surface area (Å²) in [7, 11) is 0.750. The Morgan fingerprint density at radius 1 is 0.458 bits per heavy atom. The van der Waals surface area contributed by atoms with Crippen molar-refractivity contribution >= 4 is 15.4 Å². The molecule has 0 aliphatic rings. The minimum Gasteiger partial charge on any atom is -0.456 e. The van der Waals surface area contributed by atoms with Gasteiger partial charge in [0.15, 0.2) is 0 Å². The molecule has 0 bridgehead atoms. The average Bonchev–Trinajstić information content (AvgIpc) is 2.60. The monoisotopic (exact) mass is 340 g/mol. The standard InChI is InChI=1S/C19H40.B2H2O3/c1-3-5-7-9-11-13-15-17-19-18-16-14-12-10-8-6-4-2;3-1-5-2-4/h3-19H2,1-2H3;3-4H. The molecule has 0 aliphatic carbocycles. The summed E-state index contributed by atoms with van der Waals surface area (Å²) in [5, 5.41) is 15.1. The van der Waals surface area contributed by atoms with E-state index < -0.39 is 0 Å². The van der Waals surface area contributed by atoms with Crippen molar-refractivity contribution in [3.8, 4) is 0 Å². The summed E-state index contributed by atoms with van der Waals surface area (Å²) >= 11 is 0. The van der Waals surface area contributed by atoms with Crippen molar-refractivity contribution in [1.29, 1.82) is 0 Å². The summed E-state index contributed by atoms with van der Waals surface area (Å²) in [5.41, 5.74) is 0. The minimum atomic E-state index is 0.375. The first-order valence-corrected chi connectivity index (χ1v) is 10.4. The normalized spacial score (nSPS) is 10.2. The predicted molar refractivity (Wildman–Crippen MR) is 107 cm³/mol. The van der Waals surface area contributed by atoms with Crippen LogP contribution in [0, 0.1) is 0 Å². The summed E-state index contributed by atoms with van der Waals surface area (Å²) in [5.74, 6) is 0. The number of hydrogen-bond acceptors (Lipinski definition) is 3. The predicted octanol–water partition coefficient (Wildman–Crippen LogP) is 5.71. The highest BCUT2D eigenvalue weighted by molar-refractivity contribution is 6.32. The Morgan fingerprint density at radius 3 is 0.792 bits per heavy atom. The molecule has 142 valence electrons. The number of hydrogen-bond donors (Lipinski definition) is 2. The fourth-order valence-electron chi connectivity index (χ4n) is 2.83. The van der Waals surface area contributed by atoms with Gasteiger partial charge in [-0.1, -0.05) is 123 Å². The molecule has 2 radical (unpaired) electrons. The van der Waals surface area contributed by atoms with Gasteiger partial charge in [-0.2, -0.15) is 0 Å². The molecule has 0 unspecified atom stereocenters. The third kappa shape index (κ3) is 30.0. The average molecular weight is 340 g/mol. The van der Waals surface area contributed by atoms with Crippen molar-refractivity contribution in [1.82, 2.24) is 0 Å². The maximum Gasteiger partial charge on any atom is 0.469 e. The van der Waals surface area contributed by atoms with Crippen molar-refractivity contribution in [3.63, 3.8) is 0 Å². The molecular weight excluding hydrogens is 298 g/mol. The van der Waals surface area contributed by atoms with Crippen molar-refractivity contribution in [2.75, 3.05) is 0 Å². The summed E-state index contributed by atoms with van der Waals surface area (Å²) in [6.07, 6.45) is 24.9. The van der Waals surface area contributed by atoms with Gasteiger partial charge >= 0.3 is 15.4 Å². The van der Waals surface area contributed by atoms with Gasteiger partial charge in [0.05, 0.1) is 0 Å². The highest BCUT2D eigenvalue weighted by Crippen LogP contribution is 2.13. The molecule has 0 saturated heterocycles. The fourth-order valence-corrected chi connectivity index (χ4v) is 2.83. The van der Waals surface area contributed by atoms with E-state index in [0.29, 0.717) is 15.4 Å². The van der Waals surface area contributed by atoms with Gasteiger partial charge in [-0.3, -0.25) is 0 Å². The largest absolute Gasteiger partial charge is 0.469 e. The lowest BCUT2D eigenvalue weighted by molar-refractivity contribution is 0.408. The minimum absolute atomic E-state index is 0.375. The second kappa shape index (κ2) is 27.8. The Kier molecular flexibility index (Phi) is 30.4. The third-order valence-electron chi connectivity index (χ3n) is 4.33. The quantitative estimate of drug-likeness (QED) is 0.248. The van der Waals surface area contributed by atoms with Crippen LogP contribution in [0.25, 0.3) is 0 Å². The first-order chi connectivity index (χ1) is 11.8. The molecule has 0 spiro atoms. The lowest BCUT2D eigenvalue weighted by Crippen LogP contribution is -2.00.